The highest BCUT2D eigenvalue weighted by molar-refractivity contribution is 7.25. The van der Waals surface area contributed by atoms with E-state index in [4.69, 9.17) is 0 Å². The van der Waals surface area contributed by atoms with E-state index in [2.05, 4.69) is 372 Å². The second-order valence-corrected chi connectivity index (χ2v) is 26.3. The van der Waals surface area contributed by atoms with Crippen LogP contribution in [-0.4, -0.2) is 9.13 Å². The van der Waals surface area contributed by atoms with Crippen LogP contribution in [0, 0.1) is 0 Å². The Morgan fingerprint density at radius 3 is 1.49 bits per heavy atom. The van der Waals surface area contributed by atoms with Crippen molar-refractivity contribution in [1.82, 2.24) is 9.13 Å². The molecule has 444 valence electrons. The normalized spacial score (nSPS) is 12.4. The van der Waals surface area contributed by atoms with Gasteiger partial charge in [0.25, 0.3) is 0 Å². The molecule has 0 radical (unpaired) electrons. The molecule has 0 bridgehead atoms. The van der Waals surface area contributed by atoms with Gasteiger partial charge in [-0.15, -0.1) is 11.3 Å². The number of hydrogen-bond donors (Lipinski definition) is 0. The van der Waals surface area contributed by atoms with Gasteiger partial charge in [0.15, 0.2) is 0 Å². The molecule has 0 N–H and O–H groups in total. The van der Waals surface area contributed by atoms with Gasteiger partial charge >= 0.3 is 0 Å². The minimum atomic E-state index is -0.0676. The molecule has 1 aliphatic rings. The summed E-state index contributed by atoms with van der Waals surface area (Å²) in [4.78, 5) is 4.81. The Kier molecular flexibility index (Phi) is 13.1. The van der Waals surface area contributed by atoms with Gasteiger partial charge in [-0.25, -0.2) is 0 Å². The largest absolute Gasteiger partial charge is 0.310 e. The fraction of sp³-hybridized carbons (Fsp3) is 0.0337. The lowest BCUT2D eigenvalue weighted by atomic mass is 9.82. The van der Waals surface area contributed by atoms with Gasteiger partial charge in [0.2, 0.25) is 0 Å². The van der Waals surface area contributed by atoms with E-state index in [0.29, 0.717) is 0 Å². The van der Waals surface area contributed by atoms with Crippen molar-refractivity contribution in [2.75, 3.05) is 9.80 Å². The molecule has 5 heteroatoms. The molecule has 0 saturated heterocycles. The molecule has 0 amide bonds. The van der Waals surface area contributed by atoms with Crippen LogP contribution < -0.4 is 9.80 Å². The average Bonchev–Trinajstić information content (AvgIpc) is 1.56. The van der Waals surface area contributed by atoms with Gasteiger partial charge in [-0.3, -0.25) is 0 Å². The fourth-order valence-corrected chi connectivity index (χ4v) is 16.2. The highest BCUT2D eigenvalue weighted by Crippen LogP contribution is 2.52. The van der Waals surface area contributed by atoms with Crippen molar-refractivity contribution in [3.05, 3.63) is 351 Å². The zero-order valence-electron chi connectivity index (χ0n) is 52.0. The molecule has 3 heterocycles. The van der Waals surface area contributed by atoms with Crippen molar-refractivity contribution in [2.45, 2.75) is 19.3 Å². The standard InChI is InChI=1S/C49H36N2.C40H26N2S/c1-49(2)45-19-11-9-17-40(45)41-30-28-39(32-46(41)49)50(36-13-5-3-6-14-36)38-26-23-33(24-27-38)35-22-21-34-25-29-43-42-18-10-12-20-47(42)51(48(43)44(34)31-35)37-15-7-4-8-16-37;1-3-13-28(14-4-1)41(30-23-25-38-34(26-30)32-18-8-10-21-37(32)43-38)36-20-11-12-27-22-24-33-31-17-7-9-19-35(31)42(40(33)39(27)36)29-15-5-2-6-16-29/h3-32H,1-2H3;1-26H. The van der Waals surface area contributed by atoms with Crippen LogP contribution in [0.5, 0.6) is 0 Å². The van der Waals surface area contributed by atoms with E-state index in [1.807, 2.05) is 11.3 Å². The van der Waals surface area contributed by atoms with Gasteiger partial charge in [-0.2, -0.15) is 0 Å². The summed E-state index contributed by atoms with van der Waals surface area (Å²) in [6.07, 6.45) is 0. The number of anilines is 6. The van der Waals surface area contributed by atoms with Crippen molar-refractivity contribution >= 4 is 131 Å². The number of fused-ring (bicyclic) bond motifs is 16. The summed E-state index contributed by atoms with van der Waals surface area (Å²) in [6, 6.07) is 124. The maximum absolute atomic E-state index is 2.44. The van der Waals surface area contributed by atoms with Crippen molar-refractivity contribution < 1.29 is 0 Å². The van der Waals surface area contributed by atoms with Crippen LogP contribution in [0.4, 0.5) is 34.1 Å². The summed E-state index contributed by atoms with van der Waals surface area (Å²) in [7, 11) is 0. The van der Waals surface area contributed by atoms with Crippen LogP contribution in [0.1, 0.15) is 25.0 Å². The molecule has 1 aliphatic carbocycles. The van der Waals surface area contributed by atoms with Crippen LogP contribution in [0.2, 0.25) is 0 Å². The summed E-state index contributed by atoms with van der Waals surface area (Å²) >= 11 is 1.86. The summed E-state index contributed by atoms with van der Waals surface area (Å²) in [5.74, 6) is 0. The monoisotopic (exact) mass is 1220 g/mol. The topological polar surface area (TPSA) is 16.3 Å². The Morgan fingerprint density at radius 1 is 0.287 bits per heavy atom. The first-order chi connectivity index (χ1) is 46.4. The highest BCUT2D eigenvalue weighted by atomic mass is 32.1. The highest BCUT2D eigenvalue weighted by Gasteiger charge is 2.36. The molecule has 0 fully saturated rings. The van der Waals surface area contributed by atoms with E-state index in [9.17, 15) is 0 Å². The predicted molar refractivity (Wildman–Crippen MR) is 402 cm³/mol. The number of benzene rings is 15. The van der Waals surface area contributed by atoms with Gasteiger partial charge in [-0.05, 0) is 165 Å². The third-order valence-electron chi connectivity index (χ3n) is 19.5. The zero-order valence-corrected chi connectivity index (χ0v) is 52.8. The molecule has 0 spiro atoms. The van der Waals surface area contributed by atoms with E-state index >= 15 is 0 Å². The second-order valence-electron chi connectivity index (χ2n) is 25.2. The molecule has 0 saturated carbocycles. The minimum Gasteiger partial charge on any atom is -0.310 e. The lowest BCUT2D eigenvalue weighted by Gasteiger charge is -2.28. The molecule has 94 heavy (non-hydrogen) atoms. The van der Waals surface area contributed by atoms with Crippen molar-refractivity contribution in [1.29, 1.82) is 0 Å². The van der Waals surface area contributed by atoms with Gasteiger partial charge < -0.3 is 18.9 Å². The van der Waals surface area contributed by atoms with Crippen molar-refractivity contribution in [3.8, 4) is 33.6 Å². The summed E-state index contributed by atoms with van der Waals surface area (Å²) in [5.41, 5.74) is 21.9. The van der Waals surface area contributed by atoms with E-state index in [1.54, 1.807) is 0 Å². The minimum absolute atomic E-state index is 0.0676. The van der Waals surface area contributed by atoms with Crippen LogP contribution in [0.25, 0.3) is 119 Å². The molecule has 0 atom stereocenters. The maximum Gasteiger partial charge on any atom is 0.0640 e. The smallest absolute Gasteiger partial charge is 0.0640 e. The number of hydrogen-bond acceptors (Lipinski definition) is 3. The molecule has 18 aromatic rings. The molecular formula is C89H62N4S. The second kappa shape index (κ2) is 22.3. The SMILES string of the molecule is CC1(C)c2ccccc2-c2ccc(N(c3ccccc3)c3ccc(-c4ccc5ccc6c7ccccc7n(-c7ccccc7)c6c5c4)cc3)cc21.c1ccc(N(c2ccc3sc4ccccc4c3c2)c2cccc3ccc4c5ccccc5n(-c5ccccc5)c4c23)cc1. The number of aromatic nitrogens is 2. The van der Waals surface area contributed by atoms with Crippen LogP contribution >= 0.6 is 11.3 Å². The van der Waals surface area contributed by atoms with Crippen LogP contribution in [-0.2, 0) is 5.41 Å². The summed E-state index contributed by atoms with van der Waals surface area (Å²) < 4.78 is 7.49. The first-order valence-corrected chi connectivity index (χ1v) is 33.2. The van der Waals surface area contributed by atoms with Crippen molar-refractivity contribution in [2.24, 2.45) is 0 Å². The predicted octanol–water partition coefficient (Wildman–Crippen LogP) is 25.2. The Hall–Kier alpha value is -11.8. The average molecular weight is 1220 g/mol. The molecule has 4 nitrogen and oxygen atoms in total. The third kappa shape index (κ3) is 8.95. The van der Waals surface area contributed by atoms with E-state index in [1.165, 1.54) is 124 Å². The fourth-order valence-electron chi connectivity index (χ4n) is 15.2. The number of thiophene rings is 1. The number of nitrogens with zero attached hydrogens (tertiary/aromatic N) is 4. The Balaban J connectivity index is 0.000000140. The third-order valence-corrected chi connectivity index (χ3v) is 20.7. The summed E-state index contributed by atoms with van der Waals surface area (Å²) in [6.45, 7) is 4.69. The molecule has 15 aromatic carbocycles. The Bertz CT molecular complexity index is 5940. The first-order valence-electron chi connectivity index (χ1n) is 32.4. The number of rotatable bonds is 9. The van der Waals surface area contributed by atoms with Crippen LogP contribution in [0.3, 0.4) is 0 Å². The Labute approximate surface area is 549 Å². The van der Waals surface area contributed by atoms with Gasteiger partial charge in [0.1, 0.15) is 0 Å². The molecule has 0 aliphatic heterocycles. The first kappa shape index (κ1) is 55.1. The number of para-hydroxylation sites is 6. The van der Waals surface area contributed by atoms with Crippen LogP contribution in [0.15, 0.2) is 340 Å². The molecule has 19 rings (SSSR count). The lowest BCUT2D eigenvalue weighted by molar-refractivity contribution is 0.660. The molecular weight excluding hydrogens is 1160 g/mol. The summed E-state index contributed by atoms with van der Waals surface area (Å²) in [5, 5.41) is 12.6. The van der Waals surface area contributed by atoms with Crippen molar-refractivity contribution in [3.63, 3.8) is 0 Å². The zero-order chi connectivity index (χ0) is 62.4. The van der Waals surface area contributed by atoms with Gasteiger partial charge in [0.05, 0.1) is 27.8 Å². The van der Waals surface area contributed by atoms with Gasteiger partial charge in [0, 0.05) is 97.7 Å². The quantitative estimate of drug-likeness (QED) is 0.143. The van der Waals surface area contributed by atoms with E-state index in [-0.39, 0.29) is 5.41 Å². The lowest BCUT2D eigenvalue weighted by Crippen LogP contribution is -2.16. The Morgan fingerprint density at radius 2 is 0.787 bits per heavy atom. The van der Waals surface area contributed by atoms with E-state index in [0.717, 1.165) is 39.8 Å². The van der Waals surface area contributed by atoms with Gasteiger partial charge in [-0.1, -0.05) is 232 Å². The molecule has 0 unspecified atom stereocenters. The molecule has 3 aromatic heterocycles. The van der Waals surface area contributed by atoms with E-state index < -0.39 is 0 Å². The maximum atomic E-state index is 2.44.